The van der Waals surface area contributed by atoms with Crippen LogP contribution in [-0.4, -0.2) is 93.8 Å². The van der Waals surface area contributed by atoms with Crippen LogP contribution >= 0.6 is 11.3 Å². The van der Waals surface area contributed by atoms with Crippen LogP contribution < -0.4 is 15.0 Å². The number of nitrogens with one attached hydrogen (secondary N) is 1. The minimum atomic E-state index is -0.490. The van der Waals surface area contributed by atoms with E-state index in [4.69, 9.17) is 14.2 Å². The molecule has 0 aliphatic carbocycles. The van der Waals surface area contributed by atoms with Crippen molar-refractivity contribution in [1.82, 2.24) is 10.2 Å². The van der Waals surface area contributed by atoms with Crippen molar-refractivity contribution in [3.05, 3.63) is 82.6 Å². The number of hydrogen-bond donors (Lipinski definition) is 2. The number of aliphatic hydroxyl groups is 1. The third-order valence-electron chi connectivity index (χ3n) is 8.22. The largest absolute Gasteiger partial charge is 0.491 e. The average molecular weight is 654 g/mol. The molecule has 0 radical (unpaired) electrons. The lowest BCUT2D eigenvalue weighted by Gasteiger charge is -2.48. The van der Waals surface area contributed by atoms with Crippen LogP contribution in [0.4, 0.5) is 5.69 Å². The standard InChI is InChI=1S/C22H30N2O2S.C15H25NO3/c1-3-21(25)24(19-8-5-4-6-9-19)22(18-26-2)12-15-23(16-13-22)14-11-20-10-7-17-27-20;1-12(2)16-10-14(17)11-19-15-6-4-13(5-7-15)8-9-18-3/h4-10,17H,3,11-16,18H2,1-2H3;4-7,12,14,16-17H,8-11H2,1-3H3/t;14-/m.1/s1. The molecule has 1 amide bonds. The van der Waals surface area contributed by atoms with E-state index in [9.17, 15) is 9.90 Å². The van der Waals surface area contributed by atoms with Gasteiger partial charge in [-0.1, -0.05) is 57.2 Å². The minimum absolute atomic E-state index is 0.172. The fraction of sp³-hybridized carbons (Fsp3) is 0.541. The quantitative estimate of drug-likeness (QED) is 0.190. The van der Waals surface area contributed by atoms with E-state index in [2.05, 4.69) is 27.7 Å². The van der Waals surface area contributed by atoms with E-state index in [1.165, 1.54) is 10.4 Å². The average Bonchev–Trinajstić information content (AvgIpc) is 3.60. The number of benzene rings is 2. The Hall–Kier alpha value is -2.79. The van der Waals surface area contributed by atoms with Gasteiger partial charge in [0.2, 0.25) is 5.91 Å². The highest BCUT2D eigenvalue weighted by molar-refractivity contribution is 7.09. The lowest BCUT2D eigenvalue weighted by molar-refractivity contribution is -0.120. The number of rotatable bonds is 17. The number of carbonyl (C=O) groups is 1. The van der Waals surface area contributed by atoms with Crippen LogP contribution in [0.2, 0.25) is 0 Å². The predicted octanol–water partition coefficient (Wildman–Crippen LogP) is 5.83. The smallest absolute Gasteiger partial charge is 0.227 e. The number of nitrogens with zero attached hydrogens (tertiary/aromatic N) is 2. The highest BCUT2D eigenvalue weighted by atomic mass is 32.1. The molecular formula is C37H55N3O5S. The van der Waals surface area contributed by atoms with E-state index in [1.54, 1.807) is 14.2 Å². The molecule has 0 bridgehead atoms. The van der Waals surface area contributed by atoms with Crippen molar-refractivity contribution in [2.24, 2.45) is 0 Å². The first-order valence-corrected chi connectivity index (χ1v) is 17.4. The van der Waals surface area contributed by atoms with Gasteiger partial charge in [0.25, 0.3) is 0 Å². The maximum absolute atomic E-state index is 12.9. The number of para-hydroxylation sites is 1. The molecule has 1 atom stereocenters. The van der Waals surface area contributed by atoms with Crippen LogP contribution in [0.5, 0.6) is 5.75 Å². The molecule has 2 N–H and O–H groups in total. The molecule has 1 saturated heterocycles. The minimum Gasteiger partial charge on any atom is -0.491 e. The Labute approximate surface area is 280 Å². The molecule has 2 heterocycles. The number of ether oxygens (including phenoxy) is 3. The second-order valence-electron chi connectivity index (χ2n) is 12.2. The molecule has 9 heteroatoms. The molecule has 1 aliphatic heterocycles. The fourth-order valence-corrected chi connectivity index (χ4v) is 6.33. The van der Waals surface area contributed by atoms with E-state index < -0.39 is 6.10 Å². The van der Waals surface area contributed by atoms with Crippen molar-refractivity contribution in [3.63, 3.8) is 0 Å². The van der Waals surface area contributed by atoms with E-state index in [1.807, 2.05) is 91.6 Å². The summed E-state index contributed by atoms with van der Waals surface area (Å²) in [5.74, 6) is 0.954. The van der Waals surface area contributed by atoms with Crippen LogP contribution in [0, 0.1) is 0 Å². The second-order valence-corrected chi connectivity index (χ2v) is 13.2. The first-order valence-electron chi connectivity index (χ1n) is 16.5. The number of hydrogen-bond acceptors (Lipinski definition) is 8. The Bertz CT molecular complexity index is 1220. The van der Waals surface area contributed by atoms with E-state index in [0.717, 1.165) is 63.4 Å². The lowest BCUT2D eigenvalue weighted by Crippen LogP contribution is -2.60. The van der Waals surface area contributed by atoms with Gasteiger partial charge in [0.1, 0.15) is 18.5 Å². The summed E-state index contributed by atoms with van der Waals surface area (Å²) >= 11 is 1.83. The first-order chi connectivity index (χ1) is 22.3. The molecule has 46 heavy (non-hydrogen) atoms. The zero-order chi connectivity index (χ0) is 33.2. The van der Waals surface area contributed by atoms with E-state index >= 15 is 0 Å². The predicted molar refractivity (Wildman–Crippen MR) is 189 cm³/mol. The summed E-state index contributed by atoms with van der Waals surface area (Å²) in [6.45, 7) is 11.3. The molecule has 0 saturated carbocycles. The van der Waals surface area contributed by atoms with Crippen molar-refractivity contribution < 1.29 is 24.1 Å². The summed E-state index contributed by atoms with van der Waals surface area (Å²) in [5, 5.41) is 15.0. The molecule has 8 nitrogen and oxygen atoms in total. The first kappa shape index (κ1) is 37.7. The van der Waals surface area contributed by atoms with Crippen molar-refractivity contribution >= 4 is 22.9 Å². The van der Waals surface area contributed by atoms with Gasteiger partial charge >= 0.3 is 0 Å². The van der Waals surface area contributed by atoms with Gasteiger partial charge in [-0.05, 0) is 67.0 Å². The van der Waals surface area contributed by atoms with Gasteiger partial charge in [-0.15, -0.1) is 11.3 Å². The number of likely N-dealkylation sites (tertiary alicyclic amines) is 1. The van der Waals surface area contributed by atoms with Gasteiger partial charge in [-0.25, -0.2) is 0 Å². The van der Waals surface area contributed by atoms with Crippen LogP contribution in [0.15, 0.2) is 72.1 Å². The Kier molecular flexibility index (Phi) is 16.7. The van der Waals surface area contributed by atoms with Gasteiger partial charge in [0.15, 0.2) is 0 Å². The molecular weight excluding hydrogens is 598 g/mol. The molecule has 1 fully saturated rings. The number of carbonyl (C=O) groups excluding carboxylic acids is 1. The number of anilines is 1. The number of amides is 1. The maximum Gasteiger partial charge on any atom is 0.227 e. The summed E-state index contributed by atoms with van der Waals surface area (Å²) in [5.41, 5.74) is 1.94. The fourth-order valence-electron chi connectivity index (χ4n) is 5.63. The summed E-state index contributed by atoms with van der Waals surface area (Å²) in [4.78, 5) is 18.9. The highest BCUT2D eigenvalue weighted by Crippen LogP contribution is 2.34. The number of thiophene rings is 1. The molecule has 2 aromatic carbocycles. The van der Waals surface area contributed by atoms with E-state index in [0.29, 0.717) is 32.2 Å². The Morgan fingerprint density at radius 1 is 1.00 bits per heavy atom. The molecule has 1 aromatic heterocycles. The van der Waals surface area contributed by atoms with Crippen molar-refractivity contribution in [2.75, 3.05) is 65.1 Å². The molecule has 4 rings (SSSR count). The molecule has 1 aliphatic rings. The Morgan fingerprint density at radius 2 is 1.72 bits per heavy atom. The maximum atomic E-state index is 12.9. The number of aliphatic hydroxyl groups excluding tert-OH is 1. The van der Waals surface area contributed by atoms with Crippen LogP contribution in [0.3, 0.4) is 0 Å². The van der Waals surface area contributed by atoms with Crippen LogP contribution in [0.25, 0.3) is 0 Å². The Morgan fingerprint density at radius 3 is 2.30 bits per heavy atom. The van der Waals surface area contributed by atoms with Crippen LogP contribution in [-0.2, 0) is 27.1 Å². The summed E-state index contributed by atoms with van der Waals surface area (Å²) in [7, 11) is 3.44. The molecule has 254 valence electrons. The van der Waals surface area contributed by atoms with Gasteiger partial charge in [0, 0.05) is 63.4 Å². The molecule has 0 unspecified atom stereocenters. The monoisotopic (exact) mass is 653 g/mol. The van der Waals surface area contributed by atoms with Crippen molar-refractivity contribution in [1.29, 1.82) is 0 Å². The topological polar surface area (TPSA) is 83.5 Å². The van der Waals surface area contributed by atoms with Gasteiger partial charge in [-0.3, -0.25) is 4.79 Å². The van der Waals surface area contributed by atoms with Crippen molar-refractivity contribution in [2.45, 2.75) is 70.6 Å². The zero-order valence-corrected chi connectivity index (χ0v) is 29.3. The lowest BCUT2D eigenvalue weighted by atomic mass is 9.85. The summed E-state index contributed by atoms with van der Waals surface area (Å²) in [6.07, 6.45) is 3.89. The number of piperidine rings is 1. The third kappa shape index (κ3) is 12.4. The third-order valence-corrected chi connectivity index (χ3v) is 9.15. The molecule has 3 aromatic rings. The van der Waals surface area contributed by atoms with Gasteiger partial charge in [0.05, 0.1) is 18.8 Å². The van der Waals surface area contributed by atoms with E-state index in [-0.39, 0.29) is 11.4 Å². The zero-order valence-electron chi connectivity index (χ0n) is 28.5. The summed E-state index contributed by atoms with van der Waals surface area (Å²) < 4.78 is 16.2. The number of methoxy groups -OCH3 is 2. The van der Waals surface area contributed by atoms with Crippen LogP contribution in [0.1, 0.15) is 50.5 Å². The second kappa shape index (κ2) is 20.4. The highest BCUT2D eigenvalue weighted by Gasteiger charge is 2.42. The van der Waals surface area contributed by atoms with Gasteiger partial charge in [-0.2, -0.15) is 0 Å². The SMILES string of the molecule is CCC(=O)N(c1ccccc1)C1(COC)CCN(CCc2cccs2)CC1.COCCc1ccc(OC[C@H](O)CNC(C)C)cc1. The summed E-state index contributed by atoms with van der Waals surface area (Å²) in [6, 6.07) is 22.7. The normalized spacial score (nSPS) is 15.2. The Balaban J connectivity index is 0.000000268. The molecule has 0 spiro atoms. The van der Waals surface area contributed by atoms with Crippen molar-refractivity contribution in [3.8, 4) is 5.75 Å². The van der Waals surface area contributed by atoms with Gasteiger partial charge < -0.3 is 34.4 Å².